The number of carbonyl (C=O) groups excluding carboxylic acids is 1. The quantitative estimate of drug-likeness (QED) is 0.720. The molecule has 0 unspecified atom stereocenters. The van der Waals surface area contributed by atoms with Crippen LogP contribution in [0.1, 0.15) is 41.5 Å². The van der Waals surface area contributed by atoms with Crippen molar-refractivity contribution in [1.82, 2.24) is 0 Å². The second-order valence-corrected chi connectivity index (χ2v) is 7.66. The Morgan fingerprint density at radius 3 is 1.90 bits per heavy atom. The molecular weight excluding hydrogens is 276 g/mol. The fourth-order valence-corrected chi connectivity index (χ4v) is 3.87. The normalized spacial score (nSPS) is 16.1. The molecule has 0 aromatic rings. The molecule has 20 heavy (non-hydrogen) atoms. The van der Waals surface area contributed by atoms with E-state index in [1.165, 1.54) is 26.0 Å². The van der Waals surface area contributed by atoms with E-state index in [1.807, 2.05) is 0 Å². The van der Waals surface area contributed by atoms with Gasteiger partial charge in [0, 0.05) is 0 Å². The lowest BCUT2D eigenvalue weighted by molar-refractivity contribution is -0.135. The second kappa shape index (κ2) is 5.72. The molecule has 1 aliphatic heterocycles. The molecule has 1 rings (SSSR count). The summed E-state index contributed by atoms with van der Waals surface area (Å²) in [6.45, 7) is 12.8. The number of hydrogen-bond acceptors (Lipinski definition) is 5. The summed E-state index contributed by atoms with van der Waals surface area (Å²) in [5.74, 6) is -0.230. The molecule has 0 atom stereocenters. The summed E-state index contributed by atoms with van der Waals surface area (Å²) in [6.07, 6.45) is 0. The summed E-state index contributed by atoms with van der Waals surface area (Å²) in [5.41, 5.74) is 0.985. The van der Waals surface area contributed by atoms with Crippen LogP contribution in [0.5, 0.6) is 0 Å². The number of thioether (sulfide) groups is 1. The van der Waals surface area contributed by atoms with E-state index in [1.54, 1.807) is 0 Å². The standard InChI is InChI=1S/C15H24O4S/c1-14(2,3)10(15(4,5)6)13-19-12(18-8)9(20-13)11(16)17-7/h1-8H3. The number of carbonyl (C=O) groups is 1. The van der Waals surface area contributed by atoms with Crippen LogP contribution in [0.3, 0.4) is 0 Å². The molecule has 0 aromatic carbocycles. The van der Waals surface area contributed by atoms with E-state index in [0.29, 0.717) is 10.00 Å². The van der Waals surface area contributed by atoms with Crippen molar-refractivity contribution in [1.29, 1.82) is 0 Å². The molecule has 1 heterocycles. The third-order valence-corrected chi connectivity index (χ3v) is 3.84. The molecule has 0 fully saturated rings. The largest absolute Gasteiger partial charge is 0.467 e. The van der Waals surface area contributed by atoms with Crippen LogP contribution in [0.15, 0.2) is 21.5 Å². The zero-order valence-electron chi connectivity index (χ0n) is 13.5. The maximum Gasteiger partial charge on any atom is 0.352 e. The molecule has 5 heteroatoms. The van der Waals surface area contributed by atoms with Gasteiger partial charge in [0.05, 0.1) is 14.2 Å². The lowest BCUT2D eigenvalue weighted by Gasteiger charge is -2.34. The molecule has 0 aromatic heterocycles. The molecule has 0 aliphatic carbocycles. The van der Waals surface area contributed by atoms with E-state index < -0.39 is 5.97 Å². The Morgan fingerprint density at radius 2 is 1.55 bits per heavy atom. The predicted octanol–water partition coefficient (Wildman–Crippen LogP) is 4.04. The first-order valence-electron chi connectivity index (χ1n) is 6.50. The molecule has 0 radical (unpaired) electrons. The highest BCUT2D eigenvalue weighted by Crippen LogP contribution is 2.50. The summed E-state index contributed by atoms with van der Waals surface area (Å²) in [5, 5.41) is 0.710. The van der Waals surface area contributed by atoms with E-state index in [0.717, 1.165) is 5.57 Å². The Morgan fingerprint density at radius 1 is 1.05 bits per heavy atom. The van der Waals surface area contributed by atoms with Gasteiger partial charge in [-0.15, -0.1) is 0 Å². The fourth-order valence-electron chi connectivity index (χ4n) is 2.48. The van der Waals surface area contributed by atoms with Gasteiger partial charge in [-0.1, -0.05) is 41.5 Å². The number of allylic oxidation sites excluding steroid dienone is 1. The van der Waals surface area contributed by atoms with Gasteiger partial charge >= 0.3 is 11.9 Å². The van der Waals surface area contributed by atoms with Crippen LogP contribution in [0.25, 0.3) is 0 Å². The van der Waals surface area contributed by atoms with Crippen LogP contribution in [-0.4, -0.2) is 20.2 Å². The second-order valence-electron chi connectivity index (χ2n) is 6.68. The maximum atomic E-state index is 11.8. The summed E-state index contributed by atoms with van der Waals surface area (Å²) < 4.78 is 15.7. The van der Waals surface area contributed by atoms with Crippen molar-refractivity contribution in [3.8, 4) is 0 Å². The molecule has 114 valence electrons. The fraction of sp³-hybridized carbons (Fsp3) is 0.667. The van der Waals surface area contributed by atoms with Crippen molar-refractivity contribution in [3.05, 3.63) is 21.5 Å². The zero-order valence-corrected chi connectivity index (χ0v) is 14.4. The highest BCUT2D eigenvalue weighted by Gasteiger charge is 2.38. The molecule has 0 bridgehead atoms. The minimum absolute atomic E-state index is 0.0784. The Kier molecular flexibility index (Phi) is 4.85. The third kappa shape index (κ3) is 3.51. The molecule has 0 N–H and O–H groups in total. The van der Waals surface area contributed by atoms with E-state index in [2.05, 4.69) is 41.5 Å². The van der Waals surface area contributed by atoms with Crippen LogP contribution in [0.4, 0.5) is 0 Å². The van der Waals surface area contributed by atoms with Gasteiger partial charge in [0.25, 0.3) is 0 Å². The van der Waals surface area contributed by atoms with Crippen LogP contribution in [0, 0.1) is 10.8 Å². The van der Waals surface area contributed by atoms with E-state index in [4.69, 9.17) is 14.2 Å². The Balaban J connectivity index is 3.29. The highest BCUT2D eigenvalue weighted by atomic mass is 32.2. The Bertz CT molecular complexity index is 445. The Hall–Kier alpha value is -1.10. The van der Waals surface area contributed by atoms with E-state index in [9.17, 15) is 4.79 Å². The van der Waals surface area contributed by atoms with Gasteiger partial charge in [-0.2, -0.15) is 0 Å². The number of esters is 1. The van der Waals surface area contributed by atoms with Crippen molar-refractivity contribution in [2.24, 2.45) is 10.8 Å². The SMILES string of the molecule is COC(=O)C1=C(OC)OC(=C(C(C)(C)C)C(C)(C)C)S1. The van der Waals surface area contributed by atoms with Crippen molar-refractivity contribution >= 4 is 17.7 Å². The van der Waals surface area contributed by atoms with Crippen LogP contribution in [-0.2, 0) is 19.0 Å². The third-order valence-electron chi connectivity index (χ3n) is 2.83. The van der Waals surface area contributed by atoms with Crippen molar-refractivity contribution in [2.75, 3.05) is 14.2 Å². The summed E-state index contributed by atoms with van der Waals surface area (Å²) >= 11 is 1.28. The zero-order chi connectivity index (χ0) is 15.7. The number of rotatable bonds is 2. The van der Waals surface area contributed by atoms with Gasteiger partial charge in [0.1, 0.15) is 0 Å². The molecule has 0 saturated heterocycles. The number of methoxy groups -OCH3 is 2. The number of hydrogen-bond donors (Lipinski definition) is 0. The average Bonchev–Trinajstić information content (AvgIpc) is 2.67. The first-order chi connectivity index (χ1) is 9.02. The van der Waals surface area contributed by atoms with Gasteiger partial charge in [-0.3, -0.25) is 0 Å². The molecule has 0 amide bonds. The first-order valence-corrected chi connectivity index (χ1v) is 7.31. The van der Waals surface area contributed by atoms with Crippen LogP contribution in [0.2, 0.25) is 0 Å². The first kappa shape index (κ1) is 17.0. The lowest BCUT2D eigenvalue weighted by Crippen LogP contribution is -2.24. The smallest absolute Gasteiger partial charge is 0.352 e. The highest BCUT2D eigenvalue weighted by molar-refractivity contribution is 8.07. The Labute approximate surface area is 125 Å². The molecule has 1 aliphatic rings. The monoisotopic (exact) mass is 300 g/mol. The predicted molar refractivity (Wildman–Crippen MR) is 80.7 cm³/mol. The van der Waals surface area contributed by atoms with E-state index >= 15 is 0 Å². The average molecular weight is 300 g/mol. The molecule has 4 nitrogen and oxygen atoms in total. The number of ether oxygens (including phenoxy) is 3. The van der Waals surface area contributed by atoms with Crippen LogP contribution >= 0.6 is 11.8 Å². The minimum Gasteiger partial charge on any atom is -0.467 e. The molecule has 0 spiro atoms. The summed E-state index contributed by atoms with van der Waals surface area (Å²) in [6, 6.07) is 0. The summed E-state index contributed by atoms with van der Waals surface area (Å²) in [7, 11) is 2.83. The summed E-state index contributed by atoms with van der Waals surface area (Å²) in [4.78, 5) is 12.1. The van der Waals surface area contributed by atoms with Gasteiger partial charge in [0.2, 0.25) is 0 Å². The molecule has 0 saturated carbocycles. The lowest BCUT2D eigenvalue weighted by atomic mass is 9.72. The van der Waals surface area contributed by atoms with Crippen molar-refractivity contribution in [2.45, 2.75) is 41.5 Å². The van der Waals surface area contributed by atoms with Gasteiger partial charge in [-0.25, -0.2) is 4.79 Å². The van der Waals surface area contributed by atoms with Crippen molar-refractivity contribution < 1.29 is 19.0 Å². The maximum absolute atomic E-state index is 11.8. The topological polar surface area (TPSA) is 44.8 Å². The van der Waals surface area contributed by atoms with Gasteiger partial charge in [0.15, 0.2) is 10.00 Å². The minimum atomic E-state index is -0.441. The van der Waals surface area contributed by atoms with Gasteiger partial charge in [-0.05, 0) is 28.2 Å². The van der Waals surface area contributed by atoms with Crippen molar-refractivity contribution in [3.63, 3.8) is 0 Å². The molecular formula is C15H24O4S. The van der Waals surface area contributed by atoms with E-state index in [-0.39, 0.29) is 16.8 Å². The van der Waals surface area contributed by atoms with Crippen LogP contribution < -0.4 is 0 Å². The van der Waals surface area contributed by atoms with Gasteiger partial charge < -0.3 is 14.2 Å².